The van der Waals surface area contributed by atoms with Gasteiger partial charge in [0.1, 0.15) is 11.9 Å². The maximum Gasteiger partial charge on any atom is 0.191 e. The zero-order valence-corrected chi connectivity index (χ0v) is 22.1. The van der Waals surface area contributed by atoms with Crippen molar-refractivity contribution < 1.29 is 14.2 Å². The molecule has 1 aliphatic heterocycles. The monoisotopic (exact) mass is 557 g/mol. The third kappa shape index (κ3) is 7.08. The minimum absolute atomic E-state index is 0. The van der Waals surface area contributed by atoms with Gasteiger partial charge in [-0.05, 0) is 32.4 Å². The van der Waals surface area contributed by atoms with Crippen molar-refractivity contribution in [1.29, 1.82) is 0 Å². The van der Waals surface area contributed by atoms with E-state index in [-0.39, 0.29) is 30.1 Å². The van der Waals surface area contributed by atoms with Crippen LogP contribution in [0.15, 0.2) is 23.2 Å². The molecule has 0 aliphatic carbocycles. The Bertz CT molecular complexity index is 894. The average molecular weight is 557 g/mol. The van der Waals surface area contributed by atoms with Crippen molar-refractivity contribution in [2.45, 2.75) is 52.9 Å². The summed E-state index contributed by atoms with van der Waals surface area (Å²) in [6.45, 7) is 10.3. The van der Waals surface area contributed by atoms with Crippen molar-refractivity contribution in [3.8, 4) is 5.75 Å². The molecule has 9 heteroatoms. The van der Waals surface area contributed by atoms with Crippen molar-refractivity contribution in [3.63, 3.8) is 0 Å². The SMILES string of the molecule is CN=C(NCc1ccc(C)cc1OC1CCOC1)NCc1c(C)nn(CCOC)c1C.I. The van der Waals surface area contributed by atoms with Crippen LogP contribution in [0, 0.1) is 20.8 Å². The van der Waals surface area contributed by atoms with Crippen LogP contribution >= 0.6 is 24.0 Å². The zero-order chi connectivity index (χ0) is 22.2. The van der Waals surface area contributed by atoms with Gasteiger partial charge in [0, 0.05) is 50.5 Å². The molecule has 178 valence electrons. The van der Waals surface area contributed by atoms with Gasteiger partial charge in [-0.2, -0.15) is 5.10 Å². The minimum atomic E-state index is 0. The third-order valence-electron chi connectivity index (χ3n) is 5.55. The molecule has 0 spiro atoms. The number of benzene rings is 1. The Morgan fingerprint density at radius 1 is 1.25 bits per heavy atom. The fraction of sp³-hybridized carbons (Fsp3) is 0.565. The van der Waals surface area contributed by atoms with Crippen LogP contribution in [0.5, 0.6) is 5.75 Å². The van der Waals surface area contributed by atoms with Gasteiger partial charge in [0.05, 0.1) is 32.1 Å². The van der Waals surface area contributed by atoms with E-state index in [2.05, 4.69) is 52.8 Å². The van der Waals surface area contributed by atoms with Gasteiger partial charge in [0.25, 0.3) is 0 Å². The fourth-order valence-electron chi connectivity index (χ4n) is 3.66. The van der Waals surface area contributed by atoms with E-state index in [0.29, 0.717) is 26.3 Å². The second-order valence-corrected chi connectivity index (χ2v) is 7.86. The maximum atomic E-state index is 6.20. The van der Waals surface area contributed by atoms with Crippen LogP contribution < -0.4 is 15.4 Å². The lowest BCUT2D eigenvalue weighted by atomic mass is 10.1. The molecule has 3 rings (SSSR count). The van der Waals surface area contributed by atoms with Gasteiger partial charge in [0.2, 0.25) is 0 Å². The number of rotatable bonds is 9. The van der Waals surface area contributed by atoms with Crippen molar-refractivity contribution in [3.05, 3.63) is 46.3 Å². The smallest absolute Gasteiger partial charge is 0.191 e. The molecular weight excluding hydrogens is 521 g/mol. The first kappa shape index (κ1) is 26.4. The highest BCUT2D eigenvalue weighted by Gasteiger charge is 2.19. The fourth-order valence-corrected chi connectivity index (χ4v) is 3.66. The van der Waals surface area contributed by atoms with Crippen molar-refractivity contribution in [1.82, 2.24) is 20.4 Å². The minimum Gasteiger partial charge on any atom is -0.488 e. The van der Waals surface area contributed by atoms with Crippen molar-refractivity contribution in [2.24, 2.45) is 4.99 Å². The molecule has 0 radical (unpaired) electrons. The molecule has 1 aromatic carbocycles. The molecule has 2 aromatic rings. The number of nitrogens with zero attached hydrogens (tertiary/aromatic N) is 3. The first-order valence-corrected chi connectivity index (χ1v) is 10.8. The second-order valence-electron chi connectivity index (χ2n) is 7.86. The number of aliphatic imine (C=N–C) groups is 1. The van der Waals surface area contributed by atoms with Gasteiger partial charge in [-0.3, -0.25) is 9.67 Å². The maximum absolute atomic E-state index is 6.20. The number of hydrogen-bond acceptors (Lipinski definition) is 5. The van der Waals surface area contributed by atoms with E-state index in [1.165, 1.54) is 11.1 Å². The zero-order valence-electron chi connectivity index (χ0n) is 19.7. The number of methoxy groups -OCH3 is 1. The highest BCUT2D eigenvalue weighted by atomic mass is 127. The molecule has 1 aromatic heterocycles. The summed E-state index contributed by atoms with van der Waals surface area (Å²) >= 11 is 0. The summed E-state index contributed by atoms with van der Waals surface area (Å²) in [4.78, 5) is 4.37. The van der Waals surface area contributed by atoms with E-state index >= 15 is 0 Å². The molecule has 1 fully saturated rings. The van der Waals surface area contributed by atoms with E-state index in [1.54, 1.807) is 14.2 Å². The summed E-state index contributed by atoms with van der Waals surface area (Å²) in [5.41, 5.74) is 5.62. The Morgan fingerprint density at radius 2 is 2.03 bits per heavy atom. The van der Waals surface area contributed by atoms with E-state index in [9.17, 15) is 0 Å². The molecule has 0 amide bonds. The summed E-state index contributed by atoms with van der Waals surface area (Å²) in [6.07, 6.45) is 1.06. The quantitative estimate of drug-likeness (QED) is 0.280. The van der Waals surface area contributed by atoms with Gasteiger partial charge in [-0.25, -0.2) is 0 Å². The number of halogens is 1. The Morgan fingerprint density at radius 3 is 2.72 bits per heavy atom. The highest BCUT2D eigenvalue weighted by molar-refractivity contribution is 14.0. The lowest BCUT2D eigenvalue weighted by molar-refractivity contribution is 0.140. The van der Waals surface area contributed by atoms with E-state index in [1.807, 2.05) is 11.6 Å². The van der Waals surface area contributed by atoms with Gasteiger partial charge in [0.15, 0.2) is 5.96 Å². The molecule has 0 saturated carbocycles. The number of guanidine groups is 1. The van der Waals surface area contributed by atoms with Crippen LogP contribution in [0.4, 0.5) is 0 Å². The van der Waals surface area contributed by atoms with Crippen LogP contribution in [-0.2, 0) is 29.1 Å². The lowest BCUT2D eigenvalue weighted by Gasteiger charge is -2.18. The molecule has 1 unspecified atom stereocenters. The number of ether oxygens (including phenoxy) is 3. The Labute approximate surface area is 208 Å². The number of aryl methyl sites for hydroxylation is 2. The number of nitrogens with one attached hydrogen (secondary N) is 2. The normalized spacial score (nSPS) is 16.0. The van der Waals surface area contributed by atoms with Crippen LogP contribution in [0.1, 0.15) is 34.5 Å². The summed E-state index contributed by atoms with van der Waals surface area (Å²) < 4.78 is 18.8. The summed E-state index contributed by atoms with van der Waals surface area (Å²) in [5.74, 6) is 1.64. The lowest BCUT2D eigenvalue weighted by Crippen LogP contribution is -2.36. The molecule has 2 heterocycles. The number of aromatic nitrogens is 2. The number of hydrogen-bond donors (Lipinski definition) is 2. The van der Waals surface area contributed by atoms with E-state index in [0.717, 1.165) is 48.2 Å². The summed E-state index contributed by atoms with van der Waals surface area (Å²) in [7, 11) is 3.48. The Balaban J connectivity index is 0.00000363. The van der Waals surface area contributed by atoms with Gasteiger partial charge < -0.3 is 24.8 Å². The Kier molecular flexibility index (Phi) is 10.7. The largest absolute Gasteiger partial charge is 0.488 e. The van der Waals surface area contributed by atoms with Gasteiger partial charge >= 0.3 is 0 Å². The first-order valence-electron chi connectivity index (χ1n) is 10.8. The predicted molar refractivity (Wildman–Crippen MR) is 137 cm³/mol. The van der Waals surface area contributed by atoms with Crippen LogP contribution in [0.3, 0.4) is 0 Å². The first-order chi connectivity index (χ1) is 15.0. The van der Waals surface area contributed by atoms with Gasteiger partial charge in [-0.15, -0.1) is 24.0 Å². The van der Waals surface area contributed by atoms with Crippen LogP contribution in [0.2, 0.25) is 0 Å². The standard InChI is InChI=1S/C23H35N5O3.HI/c1-16-6-7-19(22(12-16)31-20-8-10-30-15-20)13-25-23(24-4)26-14-21-17(2)27-28(18(21)3)9-11-29-5;/h6-7,12,20H,8-11,13-15H2,1-5H3,(H2,24,25,26);1H. The van der Waals surface area contributed by atoms with Crippen molar-refractivity contribution in [2.75, 3.05) is 34.0 Å². The molecule has 1 aliphatic rings. The predicted octanol–water partition coefficient (Wildman–Crippen LogP) is 3.11. The summed E-state index contributed by atoms with van der Waals surface area (Å²) in [6, 6.07) is 6.30. The molecule has 1 atom stereocenters. The molecule has 1 saturated heterocycles. The van der Waals surface area contributed by atoms with E-state index < -0.39 is 0 Å². The molecule has 32 heavy (non-hydrogen) atoms. The molecule has 8 nitrogen and oxygen atoms in total. The molecule has 0 bridgehead atoms. The van der Waals surface area contributed by atoms with Crippen molar-refractivity contribution >= 4 is 29.9 Å². The summed E-state index contributed by atoms with van der Waals surface area (Å²) in [5, 5.41) is 11.4. The highest BCUT2D eigenvalue weighted by Crippen LogP contribution is 2.23. The van der Waals surface area contributed by atoms with E-state index in [4.69, 9.17) is 14.2 Å². The second kappa shape index (κ2) is 13.0. The van der Waals surface area contributed by atoms with Gasteiger partial charge in [-0.1, -0.05) is 12.1 Å². The molecular formula is C23H36IN5O3. The van der Waals surface area contributed by atoms with Crippen LogP contribution in [0.25, 0.3) is 0 Å². The Hall–Kier alpha value is -1.85. The van der Waals surface area contributed by atoms with Crippen LogP contribution in [-0.4, -0.2) is 55.8 Å². The topological polar surface area (TPSA) is 81.9 Å². The third-order valence-corrected chi connectivity index (χ3v) is 5.55. The molecule has 2 N–H and O–H groups in total. The average Bonchev–Trinajstić information content (AvgIpc) is 3.36.